The number of benzene rings is 1. The first-order chi connectivity index (χ1) is 19.0. The molecule has 13 heteroatoms. The van der Waals surface area contributed by atoms with Gasteiger partial charge in [0.1, 0.15) is 29.9 Å². The lowest BCUT2D eigenvalue weighted by Crippen LogP contribution is -2.51. The predicted octanol–water partition coefficient (Wildman–Crippen LogP) is 4.10. The number of aromatic nitrogens is 3. The molecule has 40 heavy (non-hydrogen) atoms. The van der Waals surface area contributed by atoms with Crippen LogP contribution >= 0.6 is 0 Å². The van der Waals surface area contributed by atoms with Gasteiger partial charge < -0.3 is 20.7 Å². The first kappa shape index (κ1) is 26.9. The topological polar surface area (TPSA) is 92.4 Å². The van der Waals surface area contributed by atoms with E-state index in [1.165, 1.54) is 19.1 Å². The van der Waals surface area contributed by atoms with Gasteiger partial charge in [-0.05, 0) is 57.0 Å². The number of aryl methyl sites for hydroxylation is 1. The molecule has 6 rings (SSSR count). The molecule has 0 spiro atoms. The van der Waals surface area contributed by atoms with Gasteiger partial charge in [-0.2, -0.15) is 23.1 Å². The van der Waals surface area contributed by atoms with Gasteiger partial charge >= 0.3 is 12.2 Å². The number of anilines is 2. The van der Waals surface area contributed by atoms with Gasteiger partial charge in [-0.1, -0.05) is 0 Å². The number of nitrogen functional groups attached to an aromatic ring is 1. The van der Waals surface area contributed by atoms with E-state index in [1.54, 1.807) is 7.05 Å². The number of hydrogen-bond donors (Lipinski definition) is 2. The summed E-state index contributed by atoms with van der Waals surface area (Å²) in [6.07, 6.45) is -3.46. The van der Waals surface area contributed by atoms with E-state index >= 15 is 4.39 Å². The Hall–Kier alpha value is -3.32. The molecule has 3 fully saturated rings. The summed E-state index contributed by atoms with van der Waals surface area (Å²) in [5.74, 6) is -0.691. The van der Waals surface area contributed by atoms with E-state index in [9.17, 15) is 17.6 Å². The van der Waals surface area contributed by atoms with E-state index in [1.807, 2.05) is 9.80 Å². The zero-order chi connectivity index (χ0) is 28.3. The lowest BCUT2D eigenvalue weighted by atomic mass is 9.99. The molecule has 0 saturated carbocycles. The minimum absolute atomic E-state index is 0.0875. The summed E-state index contributed by atoms with van der Waals surface area (Å²) in [5, 5.41) is 3.89. The number of likely N-dealkylation sites (tertiary alicyclic amines) is 1. The van der Waals surface area contributed by atoms with Gasteiger partial charge in [0.15, 0.2) is 5.82 Å². The average Bonchev–Trinajstić information content (AvgIpc) is 3.39. The van der Waals surface area contributed by atoms with Crippen molar-refractivity contribution in [3.05, 3.63) is 35.1 Å². The summed E-state index contributed by atoms with van der Waals surface area (Å²) in [7, 11) is 1.79. The molecule has 8 nitrogen and oxygen atoms in total. The molecule has 0 amide bonds. The van der Waals surface area contributed by atoms with E-state index in [-0.39, 0.29) is 66.2 Å². The summed E-state index contributed by atoms with van der Waals surface area (Å²) in [5.41, 5.74) is 3.40. The van der Waals surface area contributed by atoms with Crippen LogP contribution in [0, 0.1) is 12.7 Å². The second kappa shape index (κ2) is 9.95. The van der Waals surface area contributed by atoms with E-state index < -0.39 is 29.4 Å². The predicted molar refractivity (Wildman–Crippen MR) is 140 cm³/mol. The molecule has 0 radical (unpaired) electrons. The second-order valence-corrected chi connectivity index (χ2v) is 11.0. The molecule has 3 N–H and O–H groups in total. The van der Waals surface area contributed by atoms with Gasteiger partial charge in [-0.15, -0.1) is 0 Å². The lowest BCUT2D eigenvalue weighted by Gasteiger charge is -2.34. The van der Waals surface area contributed by atoms with Crippen LogP contribution in [-0.2, 0) is 6.18 Å². The number of alkyl halides is 4. The van der Waals surface area contributed by atoms with Gasteiger partial charge in [0.05, 0.1) is 11.3 Å². The number of fused-ring (bicyclic) bond motifs is 3. The van der Waals surface area contributed by atoms with Crippen LogP contribution in [0.3, 0.4) is 0 Å². The van der Waals surface area contributed by atoms with E-state index in [0.717, 1.165) is 18.9 Å². The number of hydrogen-bond acceptors (Lipinski definition) is 8. The Morgan fingerprint density at radius 3 is 2.48 bits per heavy atom. The Balaban J connectivity index is 1.47. The van der Waals surface area contributed by atoms with Crippen molar-refractivity contribution in [3.8, 4) is 17.3 Å². The highest BCUT2D eigenvalue weighted by Gasteiger charge is 2.38. The van der Waals surface area contributed by atoms with Crippen molar-refractivity contribution < 1.29 is 26.7 Å². The molecule has 4 atom stereocenters. The van der Waals surface area contributed by atoms with Crippen molar-refractivity contribution in [1.82, 2.24) is 25.2 Å². The molecular weight excluding hydrogens is 533 g/mol. The summed E-state index contributed by atoms with van der Waals surface area (Å²) < 4.78 is 78.1. The van der Waals surface area contributed by atoms with Crippen LogP contribution in [0.5, 0.6) is 6.01 Å². The minimum Gasteiger partial charge on any atom is -0.462 e. The zero-order valence-electron chi connectivity index (χ0n) is 22.1. The number of rotatable bonds is 5. The zero-order valence-corrected chi connectivity index (χ0v) is 22.1. The van der Waals surface area contributed by atoms with Crippen molar-refractivity contribution in [3.63, 3.8) is 0 Å². The molecule has 3 aliphatic rings. The Morgan fingerprint density at radius 1 is 1.10 bits per heavy atom. The first-order valence-electron chi connectivity index (χ1n) is 13.3. The largest absolute Gasteiger partial charge is 0.462 e. The van der Waals surface area contributed by atoms with E-state index in [0.29, 0.717) is 24.3 Å². The molecule has 2 unspecified atom stereocenters. The number of halogens is 5. The van der Waals surface area contributed by atoms with Crippen LogP contribution in [0.1, 0.15) is 30.4 Å². The minimum atomic E-state index is -4.78. The number of nitrogens with zero attached hydrogens (tertiary/aromatic N) is 5. The maximum Gasteiger partial charge on any atom is 0.418 e. The Labute approximate surface area is 227 Å². The monoisotopic (exact) mass is 563 g/mol. The maximum absolute atomic E-state index is 16.3. The highest BCUT2D eigenvalue weighted by molar-refractivity contribution is 5.93. The summed E-state index contributed by atoms with van der Waals surface area (Å²) in [4.78, 5) is 16.7. The molecule has 3 aromatic rings. The number of piperazine rings is 1. The number of nitrogens with two attached hydrogens (primary N) is 1. The smallest absolute Gasteiger partial charge is 0.418 e. The number of likely N-dealkylation sites (N-methyl/N-ethyl adjacent to an activating group) is 1. The Kier molecular flexibility index (Phi) is 6.68. The van der Waals surface area contributed by atoms with Crippen LogP contribution in [0.25, 0.3) is 22.2 Å². The van der Waals surface area contributed by atoms with Crippen LogP contribution in [0.15, 0.2) is 18.2 Å². The molecule has 2 aromatic heterocycles. The molecule has 2 bridgehead atoms. The van der Waals surface area contributed by atoms with Crippen molar-refractivity contribution in [2.45, 2.75) is 56.7 Å². The third-order valence-corrected chi connectivity index (χ3v) is 8.10. The molecule has 5 heterocycles. The fourth-order valence-electron chi connectivity index (χ4n) is 6.21. The molecule has 214 valence electrons. The normalized spacial score (nSPS) is 25.2. The summed E-state index contributed by atoms with van der Waals surface area (Å²) in [6, 6.07) is 4.08. The van der Waals surface area contributed by atoms with Gasteiger partial charge in [-0.3, -0.25) is 4.90 Å². The van der Waals surface area contributed by atoms with Crippen LogP contribution in [0.2, 0.25) is 0 Å². The molecule has 0 aliphatic carbocycles. The van der Waals surface area contributed by atoms with Gasteiger partial charge in [-0.25, -0.2) is 13.8 Å². The highest BCUT2D eigenvalue weighted by atomic mass is 19.4. The quantitative estimate of drug-likeness (QED) is 0.449. The maximum atomic E-state index is 16.3. The van der Waals surface area contributed by atoms with Crippen LogP contribution in [-0.4, -0.2) is 77.4 Å². The standard InChI is InChI=1S/C27H30F5N7O/c1-13-7-20(33)35-23(21(13)27(30,31)32)18-5-6-19-24(22(18)29)36-26(40-12-17-8-14(28)9-38(17)2)37-25(19)39-10-15-3-4-16(11-39)34-15/h5-7,14-17,34H,3-4,8-12H2,1-2H3,(H2,33,35)/t14-,15?,16?,17+/m1/s1. The number of nitrogens with one attached hydrogen (secondary N) is 1. The van der Waals surface area contributed by atoms with E-state index in [2.05, 4.69) is 20.3 Å². The highest BCUT2D eigenvalue weighted by Crippen LogP contribution is 2.42. The summed E-state index contributed by atoms with van der Waals surface area (Å²) >= 11 is 0. The molecule has 1 aromatic carbocycles. The molecule has 3 aliphatic heterocycles. The van der Waals surface area contributed by atoms with Gasteiger partial charge in [0.2, 0.25) is 0 Å². The third kappa shape index (κ3) is 4.89. The second-order valence-electron chi connectivity index (χ2n) is 11.0. The number of pyridine rings is 1. The van der Waals surface area contributed by atoms with Gasteiger partial charge in [0, 0.05) is 48.7 Å². The van der Waals surface area contributed by atoms with Crippen molar-refractivity contribution in [1.29, 1.82) is 0 Å². The van der Waals surface area contributed by atoms with Crippen LogP contribution < -0.4 is 20.7 Å². The fraction of sp³-hybridized carbons (Fsp3) is 0.519. The van der Waals surface area contributed by atoms with Crippen molar-refractivity contribution in [2.24, 2.45) is 0 Å². The fourth-order valence-corrected chi connectivity index (χ4v) is 6.21. The lowest BCUT2D eigenvalue weighted by molar-refractivity contribution is -0.137. The molecule has 3 saturated heterocycles. The van der Waals surface area contributed by atoms with E-state index in [4.69, 9.17) is 10.5 Å². The Bertz CT molecular complexity index is 1440. The molecular formula is C27H30F5N7O. The van der Waals surface area contributed by atoms with Crippen LogP contribution in [0.4, 0.5) is 33.6 Å². The average molecular weight is 564 g/mol. The van der Waals surface area contributed by atoms with Crippen molar-refractivity contribution >= 4 is 22.5 Å². The van der Waals surface area contributed by atoms with Gasteiger partial charge in [0.25, 0.3) is 0 Å². The number of ether oxygens (including phenoxy) is 1. The SMILES string of the molecule is Cc1cc(N)nc(-c2ccc3c(N4CC5CCC(C4)N5)nc(OC[C@@H]4C[C@@H](F)CN4C)nc3c2F)c1C(F)(F)F. The third-order valence-electron chi connectivity index (χ3n) is 8.10. The first-order valence-corrected chi connectivity index (χ1v) is 13.3. The summed E-state index contributed by atoms with van der Waals surface area (Å²) in [6.45, 7) is 2.90. The van der Waals surface area contributed by atoms with Crippen molar-refractivity contribution in [2.75, 3.05) is 43.9 Å². The Morgan fingerprint density at radius 2 is 1.82 bits per heavy atom.